The maximum atomic E-state index is 4.66. The van der Waals surface area contributed by atoms with E-state index in [1.807, 2.05) is 30.3 Å². The van der Waals surface area contributed by atoms with Crippen LogP contribution in [0.5, 0.6) is 0 Å². The maximum Gasteiger partial charge on any atom is 0.198 e. The topological polar surface area (TPSA) is 56.5 Å². The van der Waals surface area contributed by atoms with Crippen LogP contribution >= 0.6 is 23.1 Å². The van der Waals surface area contributed by atoms with Crippen molar-refractivity contribution in [1.29, 1.82) is 0 Å². The zero-order valence-corrected chi connectivity index (χ0v) is 14.0. The molecule has 23 heavy (non-hydrogen) atoms. The highest BCUT2D eigenvalue weighted by Crippen LogP contribution is 2.34. The molecule has 3 aromatic heterocycles. The molecule has 0 aliphatic carbocycles. The number of hydrogen-bond donors (Lipinski definition) is 0. The SMILES string of the molecule is CCn1c(Sc2nc3ccccc3s2)nnc1-c1ccncc1. The number of nitrogens with zero attached hydrogens (tertiary/aromatic N) is 5. The van der Waals surface area contributed by atoms with Crippen molar-refractivity contribution in [2.45, 2.75) is 23.0 Å². The van der Waals surface area contributed by atoms with Gasteiger partial charge in [0.2, 0.25) is 0 Å². The largest absolute Gasteiger partial charge is 0.302 e. The molecule has 0 aliphatic heterocycles. The van der Waals surface area contributed by atoms with Crippen molar-refractivity contribution in [3.05, 3.63) is 48.8 Å². The Morgan fingerprint density at radius 3 is 2.70 bits per heavy atom. The third-order valence-electron chi connectivity index (χ3n) is 3.42. The van der Waals surface area contributed by atoms with E-state index in [4.69, 9.17) is 0 Å². The number of rotatable bonds is 4. The van der Waals surface area contributed by atoms with Crippen LogP contribution in [-0.2, 0) is 6.54 Å². The molecule has 0 atom stereocenters. The first-order valence-corrected chi connectivity index (χ1v) is 8.85. The van der Waals surface area contributed by atoms with Gasteiger partial charge in [0.05, 0.1) is 10.2 Å². The summed E-state index contributed by atoms with van der Waals surface area (Å²) in [4.78, 5) is 8.71. The number of thiazole rings is 1. The number of fused-ring (bicyclic) bond motifs is 1. The average Bonchev–Trinajstić information content (AvgIpc) is 3.19. The van der Waals surface area contributed by atoms with Crippen molar-refractivity contribution in [3.63, 3.8) is 0 Å². The smallest absolute Gasteiger partial charge is 0.198 e. The minimum atomic E-state index is 0.803. The molecule has 0 saturated heterocycles. The lowest BCUT2D eigenvalue weighted by molar-refractivity contribution is 0.687. The highest BCUT2D eigenvalue weighted by atomic mass is 32.2. The third-order valence-corrected chi connectivity index (χ3v) is 5.51. The van der Waals surface area contributed by atoms with Crippen molar-refractivity contribution in [2.24, 2.45) is 0 Å². The summed E-state index contributed by atoms with van der Waals surface area (Å²) in [7, 11) is 0. The second-order valence-corrected chi connectivity index (χ2v) is 7.08. The first-order chi connectivity index (χ1) is 11.3. The van der Waals surface area contributed by atoms with Crippen LogP contribution in [0.25, 0.3) is 21.6 Å². The number of para-hydroxylation sites is 1. The van der Waals surface area contributed by atoms with Crippen LogP contribution in [0.3, 0.4) is 0 Å². The molecule has 3 heterocycles. The van der Waals surface area contributed by atoms with Gasteiger partial charge < -0.3 is 4.57 Å². The summed E-state index contributed by atoms with van der Waals surface area (Å²) in [5, 5.41) is 9.56. The Bertz CT molecular complexity index is 912. The van der Waals surface area contributed by atoms with Gasteiger partial charge in [-0.1, -0.05) is 12.1 Å². The number of benzene rings is 1. The summed E-state index contributed by atoms with van der Waals surface area (Å²) in [5.41, 5.74) is 2.04. The number of hydrogen-bond acceptors (Lipinski definition) is 6. The summed E-state index contributed by atoms with van der Waals surface area (Å²) in [6.45, 7) is 2.90. The van der Waals surface area contributed by atoms with E-state index in [-0.39, 0.29) is 0 Å². The Kier molecular flexibility index (Phi) is 3.80. The molecule has 4 rings (SSSR count). The molecule has 0 fully saturated rings. The lowest BCUT2D eigenvalue weighted by atomic mass is 10.2. The molecule has 0 bridgehead atoms. The number of aromatic nitrogens is 5. The molecular formula is C16H13N5S2. The molecule has 0 spiro atoms. The van der Waals surface area contributed by atoms with Crippen molar-refractivity contribution in [2.75, 3.05) is 0 Å². The Labute approximate surface area is 141 Å². The van der Waals surface area contributed by atoms with Gasteiger partial charge in [0, 0.05) is 24.5 Å². The van der Waals surface area contributed by atoms with Gasteiger partial charge >= 0.3 is 0 Å². The van der Waals surface area contributed by atoms with E-state index >= 15 is 0 Å². The summed E-state index contributed by atoms with van der Waals surface area (Å²) in [5.74, 6) is 0.860. The van der Waals surface area contributed by atoms with E-state index in [9.17, 15) is 0 Å². The molecule has 114 valence electrons. The Morgan fingerprint density at radius 1 is 1.09 bits per heavy atom. The van der Waals surface area contributed by atoms with Gasteiger partial charge in [0.25, 0.3) is 0 Å². The summed E-state index contributed by atoms with van der Waals surface area (Å²) < 4.78 is 4.27. The van der Waals surface area contributed by atoms with Crippen molar-refractivity contribution in [1.82, 2.24) is 24.7 Å². The van der Waals surface area contributed by atoms with Crippen LogP contribution in [0.1, 0.15) is 6.92 Å². The summed E-state index contributed by atoms with van der Waals surface area (Å²) in [6, 6.07) is 12.1. The van der Waals surface area contributed by atoms with E-state index in [1.54, 1.807) is 35.5 Å². The predicted molar refractivity (Wildman–Crippen MR) is 92.7 cm³/mol. The predicted octanol–water partition coefficient (Wildman–Crippen LogP) is 4.12. The first kappa shape index (κ1) is 14.3. The lowest BCUT2D eigenvalue weighted by Crippen LogP contribution is -1.99. The van der Waals surface area contributed by atoms with E-state index in [0.29, 0.717) is 0 Å². The quantitative estimate of drug-likeness (QED) is 0.560. The van der Waals surface area contributed by atoms with Gasteiger partial charge in [-0.2, -0.15) is 0 Å². The van der Waals surface area contributed by atoms with Gasteiger partial charge in [-0.15, -0.1) is 21.5 Å². The normalized spacial score (nSPS) is 11.2. The molecule has 0 amide bonds. The van der Waals surface area contributed by atoms with E-state index in [0.717, 1.165) is 32.9 Å². The molecule has 1 aromatic carbocycles. The average molecular weight is 339 g/mol. The molecule has 5 nitrogen and oxygen atoms in total. The summed E-state index contributed by atoms with van der Waals surface area (Å²) >= 11 is 3.24. The Balaban J connectivity index is 1.70. The van der Waals surface area contributed by atoms with Crippen LogP contribution in [-0.4, -0.2) is 24.7 Å². The highest BCUT2D eigenvalue weighted by Gasteiger charge is 2.15. The maximum absolute atomic E-state index is 4.66. The van der Waals surface area contributed by atoms with Gasteiger partial charge in [0.15, 0.2) is 15.3 Å². The van der Waals surface area contributed by atoms with Crippen LogP contribution in [0.2, 0.25) is 0 Å². The molecule has 0 unspecified atom stereocenters. The molecule has 0 radical (unpaired) electrons. The van der Waals surface area contributed by atoms with E-state index in [2.05, 4.69) is 37.7 Å². The van der Waals surface area contributed by atoms with Crippen LogP contribution in [0.15, 0.2) is 58.3 Å². The zero-order chi connectivity index (χ0) is 15.6. The monoisotopic (exact) mass is 339 g/mol. The second-order valence-electron chi connectivity index (χ2n) is 4.84. The van der Waals surface area contributed by atoms with Gasteiger partial charge in [0.1, 0.15) is 0 Å². The molecule has 4 aromatic rings. The highest BCUT2D eigenvalue weighted by molar-refractivity contribution is 8.01. The van der Waals surface area contributed by atoms with Gasteiger partial charge in [-0.05, 0) is 43.0 Å². The zero-order valence-electron chi connectivity index (χ0n) is 12.4. The molecule has 0 N–H and O–H groups in total. The third kappa shape index (κ3) is 2.73. The fourth-order valence-electron chi connectivity index (χ4n) is 2.34. The summed E-state index contributed by atoms with van der Waals surface area (Å²) in [6.07, 6.45) is 3.54. The minimum absolute atomic E-state index is 0.803. The van der Waals surface area contributed by atoms with Crippen LogP contribution < -0.4 is 0 Å². The van der Waals surface area contributed by atoms with Crippen LogP contribution in [0.4, 0.5) is 0 Å². The fraction of sp³-hybridized carbons (Fsp3) is 0.125. The van der Waals surface area contributed by atoms with Crippen molar-refractivity contribution in [3.8, 4) is 11.4 Å². The lowest BCUT2D eigenvalue weighted by Gasteiger charge is -2.05. The standard InChI is InChI=1S/C16H13N5S2/c1-2-21-14(11-7-9-17-10-8-11)19-20-15(21)23-16-18-12-5-3-4-6-13(12)22-16/h3-10H,2H2,1H3. The van der Waals surface area contributed by atoms with Crippen molar-refractivity contribution >= 4 is 33.3 Å². The Hall–Kier alpha value is -2.25. The van der Waals surface area contributed by atoms with Gasteiger partial charge in [-0.25, -0.2) is 4.98 Å². The molecule has 0 saturated carbocycles. The van der Waals surface area contributed by atoms with E-state index in [1.165, 1.54) is 4.70 Å². The Morgan fingerprint density at radius 2 is 1.91 bits per heavy atom. The minimum Gasteiger partial charge on any atom is -0.302 e. The van der Waals surface area contributed by atoms with E-state index < -0.39 is 0 Å². The number of pyridine rings is 1. The molecule has 0 aliphatic rings. The van der Waals surface area contributed by atoms with Crippen LogP contribution in [0, 0.1) is 0 Å². The first-order valence-electron chi connectivity index (χ1n) is 7.22. The van der Waals surface area contributed by atoms with Crippen molar-refractivity contribution < 1.29 is 0 Å². The van der Waals surface area contributed by atoms with Gasteiger partial charge in [-0.3, -0.25) is 4.98 Å². The molecular weight excluding hydrogens is 326 g/mol. The second kappa shape index (κ2) is 6.10. The fourth-order valence-corrected chi connectivity index (χ4v) is 4.40. The molecule has 7 heteroatoms.